The fourth-order valence-electron chi connectivity index (χ4n) is 9.65. The maximum absolute atomic E-state index is 14.4. The lowest BCUT2D eigenvalue weighted by Gasteiger charge is -2.39. The van der Waals surface area contributed by atoms with Crippen molar-refractivity contribution >= 4 is 47.3 Å². The van der Waals surface area contributed by atoms with Crippen molar-refractivity contribution in [2.75, 3.05) is 19.7 Å². The maximum Gasteiger partial charge on any atom is 0.279 e. The van der Waals surface area contributed by atoms with Crippen LogP contribution in [0.15, 0.2) is 24.3 Å². The number of aliphatic hydroxyl groups excluding tert-OH is 8. The minimum Gasteiger partial charge on any atom is -0.508 e. The highest BCUT2D eigenvalue weighted by Crippen LogP contribution is 2.28. The van der Waals surface area contributed by atoms with Gasteiger partial charge in [0.1, 0.15) is 60.4 Å². The van der Waals surface area contributed by atoms with E-state index in [0.717, 1.165) is 62.8 Å². The fourth-order valence-corrected chi connectivity index (χ4v) is 9.65. The molecule has 0 bridgehead atoms. The molecular weight excluding hydrogens is 989 g/mol. The van der Waals surface area contributed by atoms with Crippen LogP contribution in [0.25, 0.3) is 0 Å². The van der Waals surface area contributed by atoms with Crippen LogP contribution in [0.5, 0.6) is 5.75 Å². The van der Waals surface area contributed by atoms with E-state index < -0.39 is 171 Å². The van der Waals surface area contributed by atoms with Gasteiger partial charge in [0.25, 0.3) is 5.91 Å². The van der Waals surface area contributed by atoms with E-state index in [0.29, 0.717) is 34.5 Å². The van der Waals surface area contributed by atoms with Crippen LogP contribution in [-0.4, -0.2) is 201 Å². The third-order valence-corrected chi connectivity index (χ3v) is 14.2. The first-order chi connectivity index (χ1) is 35.3. The van der Waals surface area contributed by atoms with Crippen molar-refractivity contribution < 1.29 is 89.4 Å². The van der Waals surface area contributed by atoms with Gasteiger partial charge in [-0.15, -0.1) is 0 Å². The molecule has 17 N–H and O–H groups in total. The second-order valence-corrected chi connectivity index (χ2v) is 20.3. The molecule has 8 amide bonds. The van der Waals surface area contributed by atoms with Crippen molar-refractivity contribution in [2.45, 2.75) is 189 Å². The minimum atomic E-state index is -3.74. The number of nitrogens with one attached hydrogen (secondary N) is 5. The molecule has 3 aliphatic heterocycles. The highest BCUT2D eigenvalue weighted by Gasteiger charge is 2.55. The lowest BCUT2D eigenvalue weighted by molar-refractivity contribution is -0.179. The van der Waals surface area contributed by atoms with Crippen molar-refractivity contribution in [1.82, 2.24) is 36.4 Å². The molecule has 3 heterocycles. The van der Waals surface area contributed by atoms with Crippen LogP contribution in [0.1, 0.15) is 122 Å². The number of fused-ring (bicyclic) bond motifs is 2. The molecule has 4 rings (SSSR count). The summed E-state index contributed by atoms with van der Waals surface area (Å²) in [6, 6.07) is -5.74. The number of aliphatic hydroxyl groups is 9. The smallest absolute Gasteiger partial charge is 0.279 e. The number of rotatable bonds is 20. The van der Waals surface area contributed by atoms with Crippen LogP contribution in [0, 0.1) is 11.8 Å². The Balaban J connectivity index is 1.69. The summed E-state index contributed by atoms with van der Waals surface area (Å²) in [5.41, 5.74) is 1.35. The summed E-state index contributed by atoms with van der Waals surface area (Å²) in [5, 5.41) is 121. The Kier molecular flexibility index (Phi) is 23.6. The quantitative estimate of drug-likeness (QED) is 0.0548. The van der Waals surface area contributed by atoms with Gasteiger partial charge in [-0.1, -0.05) is 77.8 Å². The Hall–Kier alpha value is -5.58. The second-order valence-electron chi connectivity index (χ2n) is 20.3. The Labute approximate surface area is 434 Å². The number of primary amides is 1. The molecule has 75 heavy (non-hydrogen) atoms. The van der Waals surface area contributed by atoms with Gasteiger partial charge in [0.05, 0.1) is 25.2 Å². The molecule has 1 aromatic carbocycles. The van der Waals surface area contributed by atoms with E-state index >= 15 is 0 Å². The summed E-state index contributed by atoms with van der Waals surface area (Å²) in [4.78, 5) is 112. The zero-order valence-corrected chi connectivity index (χ0v) is 42.6. The second kappa shape index (κ2) is 28.5. The molecule has 3 saturated heterocycles. The molecule has 1 aromatic rings. The van der Waals surface area contributed by atoms with Gasteiger partial charge in [-0.05, 0) is 48.8 Å². The molecule has 0 saturated carbocycles. The Bertz CT molecular complexity index is 2120. The van der Waals surface area contributed by atoms with Gasteiger partial charge in [0.15, 0.2) is 6.23 Å². The molecule has 0 spiro atoms. The number of aromatic hydroxyl groups is 1. The van der Waals surface area contributed by atoms with Crippen LogP contribution >= 0.6 is 0 Å². The number of unbranched alkanes of at least 4 members (excludes halogenated alkanes) is 5. The molecule has 26 heteroatoms. The molecule has 422 valence electrons. The van der Waals surface area contributed by atoms with E-state index in [1.165, 1.54) is 6.42 Å². The first kappa shape index (κ1) is 62.0. The Morgan fingerprint density at radius 2 is 1.45 bits per heavy atom. The molecular formula is C49H78N8O18. The third kappa shape index (κ3) is 17.0. The van der Waals surface area contributed by atoms with Crippen LogP contribution in [0.4, 0.5) is 0 Å². The monoisotopic (exact) mass is 1070 g/mol. The number of hydrogen-bond donors (Lipinski definition) is 16. The van der Waals surface area contributed by atoms with Crippen molar-refractivity contribution in [3.8, 4) is 5.75 Å². The SMILES string of the molecule is CC[C@H](C)C[C@H](C)CCCCCCCCC(=O)N[C@H]1C[C@@H](O)[C@@H](O)NC(=O)[C@@H]2[C@@H](O)CCN2C(=O)[C@](O)([C@H](O)CC(N)=O)NC(=O)[C@H]([C@H](O)[C@@H](O)c2ccc(O)cc2)NC(=O)[C@@H]2C[C@@H](O)CN2C(=O)[C@H](CO)NC1=O. The normalized spacial score (nSPS) is 29.6. The van der Waals surface area contributed by atoms with Crippen molar-refractivity contribution in [3.63, 3.8) is 0 Å². The number of amides is 8. The van der Waals surface area contributed by atoms with Gasteiger partial charge in [0.2, 0.25) is 47.1 Å². The van der Waals surface area contributed by atoms with Gasteiger partial charge >= 0.3 is 0 Å². The van der Waals surface area contributed by atoms with Crippen molar-refractivity contribution in [3.05, 3.63) is 29.8 Å². The van der Waals surface area contributed by atoms with E-state index in [1.807, 2.05) is 5.32 Å². The zero-order chi connectivity index (χ0) is 55.9. The predicted molar refractivity (Wildman–Crippen MR) is 262 cm³/mol. The zero-order valence-electron chi connectivity index (χ0n) is 42.6. The summed E-state index contributed by atoms with van der Waals surface area (Å²) in [6.45, 7) is 4.26. The number of benzene rings is 1. The first-order valence-corrected chi connectivity index (χ1v) is 25.6. The van der Waals surface area contributed by atoms with Crippen LogP contribution in [0.2, 0.25) is 0 Å². The predicted octanol–water partition coefficient (Wildman–Crippen LogP) is -4.41. The number of phenols is 1. The molecule has 0 aromatic heterocycles. The number of nitrogens with zero attached hydrogens (tertiary/aromatic N) is 2. The number of carbonyl (C=O) groups is 8. The average Bonchev–Trinajstić information content (AvgIpc) is 3.95. The third-order valence-electron chi connectivity index (χ3n) is 14.2. The summed E-state index contributed by atoms with van der Waals surface area (Å²) in [7, 11) is 0. The van der Waals surface area contributed by atoms with E-state index in [1.54, 1.807) is 5.32 Å². The van der Waals surface area contributed by atoms with Crippen LogP contribution < -0.4 is 32.3 Å². The van der Waals surface area contributed by atoms with Gasteiger partial charge in [-0.3, -0.25) is 38.4 Å². The molecule has 3 fully saturated rings. The van der Waals surface area contributed by atoms with E-state index in [-0.39, 0.29) is 17.7 Å². The van der Waals surface area contributed by atoms with E-state index in [4.69, 9.17) is 5.73 Å². The number of hydrogen-bond acceptors (Lipinski definition) is 18. The highest BCUT2D eigenvalue weighted by atomic mass is 16.4. The molecule has 15 atom stereocenters. The summed E-state index contributed by atoms with van der Waals surface area (Å²) in [6.07, 6.45) is -9.99. The number of carbonyl (C=O) groups excluding carboxylic acids is 8. The molecule has 3 aliphatic rings. The summed E-state index contributed by atoms with van der Waals surface area (Å²) >= 11 is 0. The van der Waals surface area contributed by atoms with Crippen LogP contribution in [-0.2, 0) is 38.4 Å². The summed E-state index contributed by atoms with van der Waals surface area (Å²) in [5.74, 6) is -9.81. The van der Waals surface area contributed by atoms with Gasteiger partial charge in [-0.25, -0.2) is 0 Å². The highest BCUT2D eigenvalue weighted by molar-refractivity contribution is 5.99. The van der Waals surface area contributed by atoms with Gasteiger partial charge in [-0.2, -0.15) is 0 Å². The van der Waals surface area contributed by atoms with Gasteiger partial charge < -0.3 is 93.2 Å². The van der Waals surface area contributed by atoms with Crippen molar-refractivity contribution in [1.29, 1.82) is 0 Å². The molecule has 0 radical (unpaired) electrons. The van der Waals surface area contributed by atoms with E-state index in [2.05, 4.69) is 36.7 Å². The van der Waals surface area contributed by atoms with Crippen molar-refractivity contribution in [2.24, 2.45) is 17.6 Å². The largest absolute Gasteiger partial charge is 0.508 e. The lowest BCUT2D eigenvalue weighted by atomic mass is 9.91. The lowest BCUT2D eigenvalue weighted by Crippen LogP contribution is -2.71. The minimum absolute atomic E-state index is 0.0984. The average molecular weight is 1070 g/mol. The molecule has 0 aliphatic carbocycles. The van der Waals surface area contributed by atoms with E-state index in [9.17, 15) is 89.4 Å². The molecule has 26 nitrogen and oxygen atoms in total. The first-order valence-electron chi connectivity index (χ1n) is 25.6. The molecule has 0 unspecified atom stereocenters. The fraction of sp³-hybridized carbons (Fsp3) is 0.714. The summed E-state index contributed by atoms with van der Waals surface area (Å²) < 4.78 is 0. The van der Waals surface area contributed by atoms with Gasteiger partial charge in [0, 0.05) is 32.4 Å². The standard InChI is InChI=1S/C49H78N8O18/c1-4-25(2)19-26(3)11-9-7-5-6-8-10-12-37(65)51-30-21-34(62)44(70)54-46(72)39-33(61)17-18-56(39)48(74)49(75,35(63)22-36(50)64)55-45(71)38(41(67)40(66)27-13-15-28(59)16-14-27)53-43(69)32-20-29(60)23-57(32)47(73)31(24-58)52-42(30)68/h13-16,25-26,29-35,38-41,44,58-63,66-67,70,75H,4-12,17-24H2,1-3H3,(H2,50,64)(H,51,65)(H,52,68)(H,53,69)(H,54,72)(H,55,71)/t25-,26+,29+,30-,31-,32-,33-,34+,35+,38-,39-,40-,41-,44+,49+/m0/s1. The maximum atomic E-state index is 14.4. The Morgan fingerprint density at radius 1 is 0.813 bits per heavy atom. The number of phenolic OH excluding ortho intramolecular Hbond substituents is 1. The Morgan fingerprint density at radius 3 is 2.08 bits per heavy atom. The topological polar surface area (TPSA) is 432 Å². The number of nitrogens with two attached hydrogens (primary N) is 1. The van der Waals surface area contributed by atoms with Crippen LogP contribution in [0.3, 0.4) is 0 Å².